The van der Waals surface area contributed by atoms with Gasteiger partial charge in [0.1, 0.15) is 0 Å². The summed E-state index contributed by atoms with van der Waals surface area (Å²) >= 11 is 0. The van der Waals surface area contributed by atoms with Crippen LogP contribution >= 0.6 is 0 Å². The zero-order valence-electron chi connectivity index (χ0n) is 19.1. The number of hydrogen-bond acceptors (Lipinski definition) is 6. The Morgan fingerprint density at radius 1 is 1.29 bits per heavy atom. The van der Waals surface area contributed by atoms with Crippen LogP contribution in [0.4, 0.5) is 14.6 Å². The number of fused-ring (bicyclic) bond motifs is 1. The molecule has 12 heteroatoms. The number of nitrogens with one attached hydrogen (secondary N) is 1. The molecule has 0 atom stereocenters. The largest absolute Gasteiger partial charge is 0.494 e. The summed E-state index contributed by atoms with van der Waals surface area (Å²) in [7, 11) is 0. The Kier molecular flexibility index (Phi) is 6.09. The van der Waals surface area contributed by atoms with Gasteiger partial charge in [0.15, 0.2) is 17.0 Å². The fraction of sp³-hybridized carbons (Fsp3) is 0.545. The fourth-order valence-corrected chi connectivity index (χ4v) is 3.97. The zero-order valence-corrected chi connectivity index (χ0v) is 19.1. The van der Waals surface area contributed by atoms with E-state index in [0.29, 0.717) is 0 Å². The second kappa shape index (κ2) is 8.73. The topological polar surface area (TPSA) is 135 Å². The van der Waals surface area contributed by atoms with Crippen LogP contribution < -0.4 is 16.6 Å². The van der Waals surface area contributed by atoms with Gasteiger partial charge in [0.25, 0.3) is 17.4 Å². The summed E-state index contributed by atoms with van der Waals surface area (Å²) in [4.78, 5) is 39.6. The molecule has 2 aromatic rings. The number of aromatic nitrogens is 3. The lowest BCUT2D eigenvalue weighted by atomic mass is 10.1. The van der Waals surface area contributed by atoms with E-state index >= 15 is 0 Å². The number of alkyl halides is 2. The first kappa shape index (κ1) is 23.7. The summed E-state index contributed by atoms with van der Waals surface area (Å²) in [6, 6.07) is -0.0255. The van der Waals surface area contributed by atoms with E-state index in [1.807, 2.05) is 13.8 Å². The van der Waals surface area contributed by atoms with Crippen molar-refractivity contribution in [2.45, 2.75) is 58.0 Å². The van der Waals surface area contributed by atoms with Gasteiger partial charge in [-0.05, 0) is 24.8 Å². The molecule has 0 spiro atoms. The van der Waals surface area contributed by atoms with Crippen LogP contribution in [0, 0.1) is 5.92 Å². The zero-order chi connectivity index (χ0) is 24.8. The first-order valence-electron chi connectivity index (χ1n) is 11.3. The van der Waals surface area contributed by atoms with Crippen molar-refractivity contribution in [1.29, 1.82) is 0 Å². The molecule has 2 aromatic heterocycles. The van der Waals surface area contributed by atoms with Gasteiger partial charge >= 0.3 is 0 Å². The van der Waals surface area contributed by atoms with Crippen LogP contribution in [0.5, 0.6) is 5.88 Å². The highest BCUT2D eigenvalue weighted by Crippen LogP contribution is 2.29. The van der Waals surface area contributed by atoms with Crippen LogP contribution in [0.2, 0.25) is 0 Å². The number of nitrogens with two attached hydrogens (primary N) is 1. The van der Waals surface area contributed by atoms with Crippen LogP contribution in [0.15, 0.2) is 10.9 Å². The number of nitrogens with zero attached hydrogens (tertiary/aromatic N) is 4. The van der Waals surface area contributed by atoms with E-state index in [9.17, 15) is 28.3 Å². The fourth-order valence-electron chi connectivity index (χ4n) is 3.97. The average molecular weight is 479 g/mol. The Bertz CT molecular complexity index is 1220. The molecule has 2 amide bonds. The molecule has 3 heterocycles. The molecule has 0 radical (unpaired) electrons. The minimum Gasteiger partial charge on any atom is -0.494 e. The average Bonchev–Trinajstić information content (AvgIpc) is 3.50. The Balaban J connectivity index is 1.75. The number of carbonyl (C=O) groups excluding carboxylic acids is 2. The van der Waals surface area contributed by atoms with Crippen molar-refractivity contribution >= 4 is 29.4 Å². The van der Waals surface area contributed by atoms with E-state index in [1.165, 1.54) is 21.6 Å². The molecule has 4 N–H and O–H groups in total. The third-order valence-corrected chi connectivity index (χ3v) is 5.95. The maximum atomic E-state index is 13.4. The van der Waals surface area contributed by atoms with Crippen molar-refractivity contribution in [2.75, 3.05) is 18.8 Å². The number of likely N-dealkylation sites (tertiary alicyclic amines) is 1. The lowest BCUT2D eigenvalue weighted by Crippen LogP contribution is -2.42. The van der Waals surface area contributed by atoms with E-state index in [0.717, 1.165) is 17.4 Å². The summed E-state index contributed by atoms with van der Waals surface area (Å²) in [6.07, 6.45) is 3.35. The van der Waals surface area contributed by atoms with Crippen molar-refractivity contribution < 1.29 is 23.5 Å². The van der Waals surface area contributed by atoms with E-state index in [4.69, 9.17) is 5.73 Å². The summed E-state index contributed by atoms with van der Waals surface area (Å²) < 4.78 is 29.1. The SMILES string of the molecule is CC(C)Cn1c(O)c(C(=O)NC2CC2)c(=O)n2nc(N)c(/C=C/C(=O)N3CCC(F)(F)CC3)c12. The van der Waals surface area contributed by atoms with Gasteiger partial charge in [-0.1, -0.05) is 13.8 Å². The van der Waals surface area contributed by atoms with Crippen LogP contribution in [-0.2, 0) is 11.3 Å². The predicted octanol–water partition coefficient (Wildman–Crippen LogP) is 1.60. The van der Waals surface area contributed by atoms with Crippen molar-refractivity contribution in [3.63, 3.8) is 0 Å². The number of anilines is 1. The number of halogens is 2. The highest BCUT2D eigenvalue weighted by Gasteiger charge is 2.35. The minimum atomic E-state index is -2.78. The van der Waals surface area contributed by atoms with E-state index in [1.54, 1.807) is 0 Å². The molecule has 0 unspecified atom stereocenters. The normalized spacial score (nSPS) is 18.2. The first-order chi connectivity index (χ1) is 16.0. The molecule has 184 valence electrons. The predicted molar refractivity (Wildman–Crippen MR) is 121 cm³/mol. The van der Waals surface area contributed by atoms with Crippen molar-refractivity contribution in [1.82, 2.24) is 24.4 Å². The summed E-state index contributed by atoms with van der Waals surface area (Å²) in [5.74, 6) is -4.52. The lowest BCUT2D eigenvalue weighted by Gasteiger charge is -2.30. The van der Waals surface area contributed by atoms with Crippen molar-refractivity contribution in [3.8, 4) is 5.88 Å². The molecular weight excluding hydrogens is 450 g/mol. The second-order valence-electron chi connectivity index (χ2n) is 9.30. The van der Waals surface area contributed by atoms with Crippen molar-refractivity contribution in [3.05, 3.63) is 27.6 Å². The smallest absolute Gasteiger partial charge is 0.291 e. The molecule has 1 saturated carbocycles. The Hall–Kier alpha value is -3.44. The Labute approximate surface area is 194 Å². The number of carbonyl (C=O) groups is 2. The van der Waals surface area contributed by atoms with Gasteiger partial charge in [0, 0.05) is 44.6 Å². The third kappa shape index (κ3) is 4.62. The summed E-state index contributed by atoms with van der Waals surface area (Å²) in [5.41, 5.74) is 5.13. The molecule has 4 rings (SSSR count). The number of piperidine rings is 1. The molecule has 1 saturated heterocycles. The number of amides is 2. The van der Waals surface area contributed by atoms with Crippen LogP contribution in [0.25, 0.3) is 11.7 Å². The van der Waals surface area contributed by atoms with Crippen LogP contribution in [0.1, 0.15) is 55.5 Å². The van der Waals surface area contributed by atoms with Gasteiger partial charge in [0.05, 0.1) is 5.56 Å². The number of nitrogen functional groups attached to an aromatic ring is 1. The van der Waals surface area contributed by atoms with Gasteiger partial charge in [-0.3, -0.25) is 19.0 Å². The molecule has 2 fully saturated rings. The van der Waals surface area contributed by atoms with E-state index < -0.39 is 47.6 Å². The Morgan fingerprint density at radius 2 is 1.94 bits per heavy atom. The first-order valence-corrected chi connectivity index (χ1v) is 11.3. The van der Waals surface area contributed by atoms with Gasteiger partial charge in [-0.25, -0.2) is 8.78 Å². The summed E-state index contributed by atoms with van der Waals surface area (Å²) in [5, 5.41) is 17.7. The van der Waals surface area contributed by atoms with E-state index in [-0.39, 0.29) is 48.6 Å². The lowest BCUT2D eigenvalue weighted by molar-refractivity contribution is -0.132. The molecule has 0 bridgehead atoms. The molecule has 2 aliphatic rings. The molecule has 10 nitrogen and oxygen atoms in total. The maximum Gasteiger partial charge on any atom is 0.291 e. The number of rotatable bonds is 6. The van der Waals surface area contributed by atoms with E-state index in [2.05, 4.69) is 10.4 Å². The molecule has 34 heavy (non-hydrogen) atoms. The van der Waals surface area contributed by atoms with Gasteiger partial charge in [-0.2, -0.15) is 4.52 Å². The van der Waals surface area contributed by atoms with Crippen LogP contribution in [0.3, 0.4) is 0 Å². The molecular formula is C22H28F2N6O4. The Morgan fingerprint density at radius 3 is 2.53 bits per heavy atom. The molecule has 1 aliphatic heterocycles. The summed E-state index contributed by atoms with van der Waals surface area (Å²) in [6.45, 7) is 3.88. The number of aromatic hydroxyl groups is 1. The van der Waals surface area contributed by atoms with Gasteiger partial charge in [-0.15, -0.1) is 5.10 Å². The molecule has 1 aliphatic carbocycles. The number of hydrogen-bond donors (Lipinski definition) is 3. The van der Waals surface area contributed by atoms with Crippen molar-refractivity contribution in [2.24, 2.45) is 5.92 Å². The second-order valence-corrected chi connectivity index (χ2v) is 9.30. The standard InChI is InChI=1S/C22H28F2N6O4/c1-12(2)11-29-19-14(5-6-15(31)28-9-7-22(23,24)8-10-28)17(25)27-30(19)21(34)16(20(29)33)18(32)26-13-3-4-13/h5-6,12-13,33H,3-4,7-11H2,1-2H3,(H2,25,27)(H,26,32)/b6-5+. The monoisotopic (exact) mass is 478 g/mol. The third-order valence-electron chi connectivity index (χ3n) is 5.95. The minimum absolute atomic E-state index is 0.0150. The molecule has 0 aromatic carbocycles. The highest BCUT2D eigenvalue weighted by molar-refractivity contribution is 5.97. The van der Waals surface area contributed by atoms with Gasteiger partial charge in [0.2, 0.25) is 11.8 Å². The van der Waals surface area contributed by atoms with Gasteiger partial charge < -0.3 is 21.1 Å². The highest BCUT2D eigenvalue weighted by atomic mass is 19.3. The van der Waals surface area contributed by atoms with Crippen LogP contribution in [-0.4, -0.2) is 61.1 Å². The quantitative estimate of drug-likeness (QED) is 0.540. The maximum absolute atomic E-state index is 13.4.